The van der Waals surface area contributed by atoms with Crippen LogP contribution in [0.5, 0.6) is 0 Å². The fourth-order valence-electron chi connectivity index (χ4n) is 2.57. The van der Waals surface area contributed by atoms with Crippen LogP contribution in [-0.4, -0.2) is 31.5 Å². The van der Waals surface area contributed by atoms with Crippen molar-refractivity contribution in [1.29, 1.82) is 0 Å². The molecule has 0 aliphatic rings. The predicted octanol–water partition coefficient (Wildman–Crippen LogP) is 4.64. The van der Waals surface area contributed by atoms with Gasteiger partial charge in [0.25, 0.3) is 5.91 Å². The van der Waals surface area contributed by atoms with Gasteiger partial charge in [0.1, 0.15) is 0 Å². The van der Waals surface area contributed by atoms with E-state index in [-0.39, 0.29) is 5.91 Å². The van der Waals surface area contributed by atoms with E-state index in [0.29, 0.717) is 17.2 Å². The number of hydrogen-bond acceptors (Lipinski definition) is 2. The number of nitrogens with zero attached hydrogens (tertiary/aromatic N) is 1. The average Bonchev–Trinajstić information content (AvgIpc) is 2.55. The second kappa shape index (κ2) is 8.14. The average molecular weight is 332 g/mol. The molecular formula is C19H22ClNO2. The molecule has 1 amide bonds. The van der Waals surface area contributed by atoms with Gasteiger partial charge in [-0.2, -0.15) is 0 Å². The Kier molecular flexibility index (Phi) is 6.20. The molecule has 0 aliphatic heterocycles. The van der Waals surface area contributed by atoms with Crippen molar-refractivity contribution in [2.45, 2.75) is 20.0 Å². The maximum Gasteiger partial charge on any atom is 0.253 e. The van der Waals surface area contributed by atoms with E-state index in [1.165, 1.54) is 0 Å². The first-order valence-corrected chi connectivity index (χ1v) is 8.08. The lowest BCUT2D eigenvalue weighted by molar-refractivity contribution is 0.0795. The number of ether oxygens (including phenoxy) is 1. The first kappa shape index (κ1) is 17.5. The molecule has 4 heteroatoms. The van der Waals surface area contributed by atoms with Gasteiger partial charge in [0.15, 0.2) is 0 Å². The van der Waals surface area contributed by atoms with Gasteiger partial charge in [-0.3, -0.25) is 4.79 Å². The van der Waals surface area contributed by atoms with Crippen LogP contribution < -0.4 is 0 Å². The van der Waals surface area contributed by atoms with Gasteiger partial charge in [-0.25, -0.2) is 0 Å². The minimum Gasteiger partial charge on any atom is -0.380 e. The van der Waals surface area contributed by atoms with Gasteiger partial charge in [-0.15, -0.1) is 0 Å². The van der Waals surface area contributed by atoms with Crippen LogP contribution in [0.4, 0.5) is 0 Å². The summed E-state index contributed by atoms with van der Waals surface area (Å²) in [5.74, 6) is 0.0341. The Balaban J connectivity index is 2.38. The van der Waals surface area contributed by atoms with Crippen molar-refractivity contribution in [3.63, 3.8) is 0 Å². The zero-order valence-electron chi connectivity index (χ0n) is 13.8. The number of halogens is 1. The molecule has 2 rings (SSSR count). The van der Waals surface area contributed by atoms with Crippen LogP contribution in [-0.2, 0) is 11.3 Å². The van der Waals surface area contributed by atoms with Crippen molar-refractivity contribution in [2.75, 3.05) is 20.7 Å². The standard InChI is InChI=1S/C19H22ClNO2/c1-4-11-21(2)19(22)15-7-10-18(16(12-15)13-23-3)14-5-8-17(20)9-6-14/h5-10,12H,4,11,13H2,1-3H3. The lowest BCUT2D eigenvalue weighted by Gasteiger charge is -2.18. The number of benzene rings is 2. The first-order valence-electron chi connectivity index (χ1n) is 7.70. The van der Waals surface area contributed by atoms with Gasteiger partial charge in [-0.1, -0.05) is 36.7 Å². The van der Waals surface area contributed by atoms with E-state index in [2.05, 4.69) is 6.92 Å². The van der Waals surface area contributed by atoms with Gasteiger partial charge < -0.3 is 9.64 Å². The van der Waals surface area contributed by atoms with Crippen LogP contribution in [0.15, 0.2) is 42.5 Å². The second-order valence-corrected chi connectivity index (χ2v) is 5.97. The third-order valence-corrected chi connectivity index (χ3v) is 3.96. The Bertz CT molecular complexity index is 668. The molecule has 0 bridgehead atoms. The van der Waals surface area contributed by atoms with E-state index in [9.17, 15) is 4.79 Å². The van der Waals surface area contributed by atoms with Crippen molar-refractivity contribution >= 4 is 17.5 Å². The van der Waals surface area contributed by atoms with Crippen molar-refractivity contribution in [3.8, 4) is 11.1 Å². The lowest BCUT2D eigenvalue weighted by atomic mass is 9.97. The zero-order chi connectivity index (χ0) is 16.8. The number of rotatable bonds is 6. The fourth-order valence-corrected chi connectivity index (χ4v) is 2.70. The fraction of sp³-hybridized carbons (Fsp3) is 0.316. The highest BCUT2D eigenvalue weighted by Crippen LogP contribution is 2.27. The molecule has 0 spiro atoms. The SMILES string of the molecule is CCCN(C)C(=O)c1ccc(-c2ccc(Cl)cc2)c(COC)c1. The third kappa shape index (κ3) is 4.34. The number of methoxy groups -OCH3 is 1. The predicted molar refractivity (Wildman–Crippen MR) is 94.9 cm³/mol. The van der Waals surface area contributed by atoms with Gasteiger partial charge in [0.05, 0.1) is 6.61 Å². The smallest absolute Gasteiger partial charge is 0.253 e. The van der Waals surface area contributed by atoms with Gasteiger partial charge in [0, 0.05) is 31.3 Å². The van der Waals surface area contributed by atoms with E-state index in [1.807, 2.05) is 49.5 Å². The molecule has 0 aliphatic carbocycles. The first-order chi connectivity index (χ1) is 11.1. The van der Waals surface area contributed by atoms with Gasteiger partial charge >= 0.3 is 0 Å². The summed E-state index contributed by atoms with van der Waals surface area (Å²) in [6.45, 7) is 3.26. The third-order valence-electron chi connectivity index (χ3n) is 3.71. The van der Waals surface area contributed by atoms with E-state index in [1.54, 1.807) is 12.0 Å². The molecule has 0 fully saturated rings. The summed E-state index contributed by atoms with van der Waals surface area (Å²) in [6.07, 6.45) is 0.941. The minimum atomic E-state index is 0.0341. The normalized spacial score (nSPS) is 10.6. The summed E-state index contributed by atoms with van der Waals surface area (Å²) >= 11 is 5.96. The maximum atomic E-state index is 12.5. The molecule has 0 saturated carbocycles. The summed E-state index contributed by atoms with van der Waals surface area (Å²) in [4.78, 5) is 14.2. The molecule has 2 aromatic carbocycles. The van der Waals surface area contributed by atoms with Crippen LogP contribution in [0.3, 0.4) is 0 Å². The molecule has 3 nitrogen and oxygen atoms in total. The van der Waals surface area contributed by atoms with Crippen LogP contribution in [0.1, 0.15) is 29.3 Å². The molecule has 0 radical (unpaired) electrons. The Labute approximate surface area is 142 Å². The van der Waals surface area contributed by atoms with Crippen LogP contribution in [0.25, 0.3) is 11.1 Å². The number of hydrogen-bond donors (Lipinski definition) is 0. The number of amides is 1. The second-order valence-electron chi connectivity index (χ2n) is 5.54. The Morgan fingerprint density at radius 3 is 2.48 bits per heavy atom. The Morgan fingerprint density at radius 1 is 1.17 bits per heavy atom. The van der Waals surface area contributed by atoms with Crippen LogP contribution in [0, 0.1) is 0 Å². The van der Waals surface area contributed by atoms with E-state index < -0.39 is 0 Å². The molecule has 0 aromatic heterocycles. The van der Waals surface area contributed by atoms with E-state index in [4.69, 9.17) is 16.3 Å². The molecule has 0 saturated heterocycles. The summed E-state index contributed by atoms with van der Waals surface area (Å²) in [5, 5.41) is 0.704. The molecule has 0 N–H and O–H groups in total. The van der Waals surface area contributed by atoms with Crippen molar-refractivity contribution in [2.24, 2.45) is 0 Å². The van der Waals surface area contributed by atoms with E-state index in [0.717, 1.165) is 29.7 Å². The minimum absolute atomic E-state index is 0.0341. The highest BCUT2D eigenvalue weighted by molar-refractivity contribution is 6.30. The van der Waals surface area contributed by atoms with Gasteiger partial charge in [-0.05, 0) is 47.4 Å². The van der Waals surface area contributed by atoms with Crippen molar-refractivity contribution in [3.05, 3.63) is 58.6 Å². The number of carbonyl (C=O) groups excluding carboxylic acids is 1. The van der Waals surface area contributed by atoms with Crippen molar-refractivity contribution < 1.29 is 9.53 Å². The molecule has 0 heterocycles. The zero-order valence-corrected chi connectivity index (χ0v) is 14.6. The lowest BCUT2D eigenvalue weighted by Crippen LogP contribution is -2.27. The quantitative estimate of drug-likeness (QED) is 0.772. The van der Waals surface area contributed by atoms with Crippen LogP contribution >= 0.6 is 11.6 Å². The Hall–Kier alpha value is -1.84. The molecule has 2 aromatic rings. The highest BCUT2D eigenvalue weighted by Gasteiger charge is 2.14. The molecule has 122 valence electrons. The van der Waals surface area contributed by atoms with Gasteiger partial charge in [0.2, 0.25) is 0 Å². The van der Waals surface area contributed by atoms with E-state index >= 15 is 0 Å². The summed E-state index contributed by atoms with van der Waals surface area (Å²) < 4.78 is 5.31. The Morgan fingerprint density at radius 2 is 1.87 bits per heavy atom. The molecule has 23 heavy (non-hydrogen) atoms. The van der Waals surface area contributed by atoms with Crippen LogP contribution in [0.2, 0.25) is 5.02 Å². The maximum absolute atomic E-state index is 12.5. The summed E-state index contributed by atoms with van der Waals surface area (Å²) in [6, 6.07) is 13.4. The topological polar surface area (TPSA) is 29.5 Å². The summed E-state index contributed by atoms with van der Waals surface area (Å²) in [5.41, 5.74) is 3.79. The largest absolute Gasteiger partial charge is 0.380 e. The molecular weight excluding hydrogens is 310 g/mol. The molecule has 0 atom stereocenters. The monoisotopic (exact) mass is 331 g/mol. The number of carbonyl (C=O) groups is 1. The highest BCUT2D eigenvalue weighted by atomic mass is 35.5. The summed E-state index contributed by atoms with van der Waals surface area (Å²) in [7, 11) is 3.48. The van der Waals surface area contributed by atoms with Crippen molar-refractivity contribution in [1.82, 2.24) is 4.90 Å². The molecule has 0 unspecified atom stereocenters.